The van der Waals surface area contributed by atoms with E-state index < -0.39 is 0 Å². The van der Waals surface area contributed by atoms with Crippen LogP contribution in [0, 0.1) is 0 Å². The van der Waals surface area contributed by atoms with Crippen LogP contribution < -0.4 is 10.1 Å². The molecule has 0 amide bonds. The average molecular weight is 223 g/mol. The fourth-order valence-electron chi connectivity index (χ4n) is 1.52. The van der Waals surface area contributed by atoms with Gasteiger partial charge in [0.15, 0.2) is 0 Å². The maximum absolute atomic E-state index is 5.37. The molecule has 0 spiro atoms. The second kappa shape index (κ2) is 7.25. The van der Waals surface area contributed by atoms with Crippen LogP contribution in [0.3, 0.4) is 0 Å². The van der Waals surface area contributed by atoms with Crippen LogP contribution in [0.15, 0.2) is 24.3 Å². The minimum absolute atomic E-state index is 0.0911. The molecule has 1 aromatic rings. The highest BCUT2D eigenvalue weighted by molar-refractivity contribution is 5.27. The fourth-order valence-corrected chi connectivity index (χ4v) is 1.52. The second-order valence-electron chi connectivity index (χ2n) is 3.73. The van der Waals surface area contributed by atoms with E-state index >= 15 is 0 Å². The van der Waals surface area contributed by atoms with Crippen molar-refractivity contribution >= 4 is 0 Å². The van der Waals surface area contributed by atoms with E-state index in [1.807, 2.05) is 12.1 Å². The summed E-state index contributed by atoms with van der Waals surface area (Å²) in [5.74, 6) is 0.888. The molecule has 16 heavy (non-hydrogen) atoms. The van der Waals surface area contributed by atoms with Crippen LogP contribution >= 0.6 is 0 Å². The van der Waals surface area contributed by atoms with E-state index in [1.54, 1.807) is 14.2 Å². The van der Waals surface area contributed by atoms with Crippen molar-refractivity contribution in [1.82, 2.24) is 5.32 Å². The third-order valence-electron chi connectivity index (χ3n) is 2.49. The van der Waals surface area contributed by atoms with Crippen LogP contribution in [0.5, 0.6) is 5.75 Å². The molecule has 90 valence electrons. The number of hydrogen-bond donors (Lipinski definition) is 1. The standard InChI is InChI=1S/C13H21NO2/c1-4-9-14-13(16-3)10-11-5-7-12(15-2)8-6-11/h5-8,13-14H,4,9-10H2,1-3H3. The first-order chi connectivity index (χ1) is 7.80. The van der Waals surface area contributed by atoms with Gasteiger partial charge in [-0.25, -0.2) is 0 Å². The van der Waals surface area contributed by atoms with Gasteiger partial charge in [0.25, 0.3) is 0 Å². The maximum Gasteiger partial charge on any atom is 0.118 e. The lowest BCUT2D eigenvalue weighted by atomic mass is 10.1. The smallest absolute Gasteiger partial charge is 0.118 e. The molecule has 1 unspecified atom stereocenters. The SMILES string of the molecule is CCCNC(Cc1ccc(OC)cc1)OC. The highest BCUT2D eigenvalue weighted by Gasteiger charge is 2.06. The van der Waals surface area contributed by atoms with Crippen LogP contribution in [0.4, 0.5) is 0 Å². The number of rotatable bonds is 7. The summed E-state index contributed by atoms with van der Waals surface area (Å²) in [6.45, 7) is 3.13. The molecule has 1 N–H and O–H groups in total. The summed E-state index contributed by atoms with van der Waals surface area (Å²) in [5.41, 5.74) is 1.25. The first kappa shape index (κ1) is 13.0. The second-order valence-corrected chi connectivity index (χ2v) is 3.73. The van der Waals surface area contributed by atoms with Gasteiger partial charge in [0, 0.05) is 13.5 Å². The quantitative estimate of drug-likeness (QED) is 0.719. The van der Waals surface area contributed by atoms with Gasteiger partial charge in [-0.2, -0.15) is 0 Å². The van der Waals surface area contributed by atoms with Crippen molar-refractivity contribution < 1.29 is 9.47 Å². The molecule has 3 nitrogen and oxygen atoms in total. The summed E-state index contributed by atoms with van der Waals surface area (Å²) in [5, 5.41) is 3.34. The monoisotopic (exact) mass is 223 g/mol. The molecule has 0 saturated heterocycles. The van der Waals surface area contributed by atoms with Gasteiger partial charge in [-0.15, -0.1) is 0 Å². The van der Waals surface area contributed by atoms with Crippen molar-refractivity contribution in [2.75, 3.05) is 20.8 Å². The van der Waals surface area contributed by atoms with Gasteiger partial charge in [-0.05, 0) is 30.7 Å². The van der Waals surface area contributed by atoms with Gasteiger partial charge in [0.2, 0.25) is 0 Å². The van der Waals surface area contributed by atoms with Crippen LogP contribution in [0.1, 0.15) is 18.9 Å². The minimum Gasteiger partial charge on any atom is -0.497 e. The lowest BCUT2D eigenvalue weighted by Crippen LogP contribution is -2.33. The highest BCUT2D eigenvalue weighted by Crippen LogP contribution is 2.12. The molecule has 0 aliphatic rings. The molecule has 0 heterocycles. The predicted molar refractivity (Wildman–Crippen MR) is 65.8 cm³/mol. The molecule has 1 aromatic carbocycles. The van der Waals surface area contributed by atoms with Crippen molar-refractivity contribution in [3.8, 4) is 5.75 Å². The van der Waals surface area contributed by atoms with Crippen molar-refractivity contribution in [2.24, 2.45) is 0 Å². The van der Waals surface area contributed by atoms with Gasteiger partial charge >= 0.3 is 0 Å². The molecule has 1 rings (SSSR count). The van der Waals surface area contributed by atoms with Crippen LogP contribution in [-0.4, -0.2) is 27.0 Å². The number of benzene rings is 1. The van der Waals surface area contributed by atoms with E-state index in [0.29, 0.717) is 0 Å². The summed E-state index contributed by atoms with van der Waals surface area (Å²) in [6, 6.07) is 8.08. The van der Waals surface area contributed by atoms with Gasteiger partial charge in [0.05, 0.1) is 7.11 Å². The molecule has 0 aliphatic carbocycles. The molecule has 3 heteroatoms. The maximum atomic E-state index is 5.37. The van der Waals surface area contributed by atoms with E-state index in [4.69, 9.17) is 9.47 Å². The van der Waals surface area contributed by atoms with E-state index in [9.17, 15) is 0 Å². The molecule has 0 aliphatic heterocycles. The number of hydrogen-bond acceptors (Lipinski definition) is 3. The normalized spacial score (nSPS) is 12.4. The van der Waals surface area contributed by atoms with E-state index in [-0.39, 0.29) is 6.23 Å². The Morgan fingerprint density at radius 2 is 1.88 bits per heavy atom. The molecule has 1 atom stereocenters. The van der Waals surface area contributed by atoms with Crippen LogP contribution in [-0.2, 0) is 11.2 Å². The topological polar surface area (TPSA) is 30.5 Å². The Hall–Kier alpha value is -1.06. The van der Waals surface area contributed by atoms with Crippen molar-refractivity contribution in [2.45, 2.75) is 26.0 Å². The van der Waals surface area contributed by atoms with Gasteiger partial charge < -0.3 is 9.47 Å². The van der Waals surface area contributed by atoms with E-state index in [2.05, 4.69) is 24.4 Å². The van der Waals surface area contributed by atoms with Gasteiger partial charge in [-0.1, -0.05) is 19.1 Å². The Morgan fingerprint density at radius 1 is 1.19 bits per heavy atom. The van der Waals surface area contributed by atoms with Crippen molar-refractivity contribution in [3.63, 3.8) is 0 Å². The Bertz CT molecular complexity index is 284. The van der Waals surface area contributed by atoms with Crippen molar-refractivity contribution in [3.05, 3.63) is 29.8 Å². The molecule has 0 fully saturated rings. The summed E-state index contributed by atoms with van der Waals surface area (Å²) < 4.78 is 10.5. The minimum atomic E-state index is 0.0911. The first-order valence-corrected chi connectivity index (χ1v) is 5.69. The molecule has 0 saturated carbocycles. The zero-order chi connectivity index (χ0) is 11.8. The zero-order valence-corrected chi connectivity index (χ0v) is 10.3. The Labute approximate surface area is 97.8 Å². The molecule has 0 aromatic heterocycles. The zero-order valence-electron chi connectivity index (χ0n) is 10.3. The van der Waals surface area contributed by atoms with Gasteiger partial charge in [0.1, 0.15) is 12.0 Å². The van der Waals surface area contributed by atoms with E-state index in [1.165, 1.54) is 5.56 Å². The number of nitrogens with one attached hydrogen (secondary N) is 1. The Balaban J connectivity index is 2.49. The molecular formula is C13H21NO2. The fraction of sp³-hybridized carbons (Fsp3) is 0.538. The van der Waals surface area contributed by atoms with E-state index in [0.717, 1.165) is 25.1 Å². The highest BCUT2D eigenvalue weighted by atomic mass is 16.5. The van der Waals surface area contributed by atoms with Gasteiger partial charge in [-0.3, -0.25) is 5.32 Å². The lowest BCUT2D eigenvalue weighted by molar-refractivity contribution is 0.0746. The lowest BCUT2D eigenvalue weighted by Gasteiger charge is -2.16. The molecule has 0 bridgehead atoms. The first-order valence-electron chi connectivity index (χ1n) is 5.69. The Kier molecular flexibility index (Phi) is 5.90. The average Bonchev–Trinajstić information content (AvgIpc) is 2.35. The summed E-state index contributed by atoms with van der Waals surface area (Å²) in [6.07, 6.45) is 2.08. The summed E-state index contributed by atoms with van der Waals surface area (Å²) in [7, 11) is 3.41. The summed E-state index contributed by atoms with van der Waals surface area (Å²) in [4.78, 5) is 0. The van der Waals surface area contributed by atoms with Crippen molar-refractivity contribution in [1.29, 1.82) is 0 Å². The predicted octanol–water partition coefficient (Wildman–Crippen LogP) is 2.21. The number of ether oxygens (including phenoxy) is 2. The molecule has 0 radical (unpaired) electrons. The summed E-state index contributed by atoms with van der Waals surface area (Å²) >= 11 is 0. The van der Waals surface area contributed by atoms with Crippen LogP contribution in [0.25, 0.3) is 0 Å². The third kappa shape index (κ3) is 4.21. The molecular weight excluding hydrogens is 202 g/mol. The third-order valence-corrected chi connectivity index (χ3v) is 2.49. The van der Waals surface area contributed by atoms with Crippen LogP contribution in [0.2, 0.25) is 0 Å². The number of methoxy groups -OCH3 is 2. The Morgan fingerprint density at radius 3 is 2.38 bits per heavy atom. The largest absolute Gasteiger partial charge is 0.497 e.